The van der Waals surface area contributed by atoms with Gasteiger partial charge in [0.05, 0.1) is 0 Å². The van der Waals surface area contributed by atoms with Gasteiger partial charge in [-0.05, 0) is 49.1 Å². The lowest BCUT2D eigenvalue weighted by Crippen LogP contribution is -2.48. The van der Waals surface area contributed by atoms with Gasteiger partial charge in [-0.25, -0.2) is 0 Å². The fraction of sp³-hybridized carbons (Fsp3) is 0.600. The van der Waals surface area contributed by atoms with Crippen LogP contribution in [0.1, 0.15) is 44.7 Å². The van der Waals surface area contributed by atoms with Crippen molar-refractivity contribution in [2.45, 2.75) is 51.5 Å². The zero-order chi connectivity index (χ0) is 12.5. The molecule has 2 N–H and O–H groups in total. The first kappa shape index (κ1) is 12.4. The van der Waals surface area contributed by atoms with Crippen LogP contribution in [-0.4, -0.2) is 17.7 Å². The Morgan fingerprint density at radius 1 is 1.41 bits per heavy atom. The normalized spacial score (nSPS) is 22.2. The Kier molecular flexibility index (Phi) is 3.43. The van der Waals surface area contributed by atoms with E-state index in [-0.39, 0.29) is 5.41 Å². The SMILES string of the molecule is CCCN[C@H]1CCc2ccc(O)cc2C1(C)C. The second-order valence-electron chi connectivity index (χ2n) is 5.61. The van der Waals surface area contributed by atoms with Crippen LogP contribution >= 0.6 is 0 Å². The molecule has 1 aromatic rings. The van der Waals surface area contributed by atoms with Crippen LogP contribution in [0, 0.1) is 0 Å². The van der Waals surface area contributed by atoms with E-state index in [0.29, 0.717) is 11.8 Å². The van der Waals surface area contributed by atoms with E-state index in [0.717, 1.165) is 13.0 Å². The van der Waals surface area contributed by atoms with Crippen LogP contribution in [0.2, 0.25) is 0 Å². The molecule has 0 aromatic heterocycles. The van der Waals surface area contributed by atoms with E-state index in [1.54, 1.807) is 6.07 Å². The van der Waals surface area contributed by atoms with Crippen molar-refractivity contribution in [3.05, 3.63) is 29.3 Å². The van der Waals surface area contributed by atoms with Crippen LogP contribution in [0.5, 0.6) is 5.75 Å². The Bertz CT molecular complexity index is 398. The molecule has 0 radical (unpaired) electrons. The minimum absolute atomic E-state index is 0.0987. The maximum atomic E-state index is 9.66. The van der Waals surface area contributed by atoms with Gasteiger partial charge in [-0.15, -0.1) is 0 Å². The molecule has 94 valence electrons. The Morgan fingerprint density at radius 3 is 2.88 bits per heavy atom. The third-order valence-electron chi connectivity index (χ3n) is 4.00. The number of hydrogen-bond donors (Lipinski definition) is 2. The van der Waals surface area contributed by atoms with Gasteiger partial charge in [0.15, 0.2) is 0 Å². The van der Waals surface area contributed by atoms with E-state index >= 15 is 0 Å². The predicted molar refractivity (Wildman–Crippen MR) is 71.5 cm³/mol. The molecule has 1 aromatic carbocycles. The summed E-state index contributed by atoms with van der Waals surface area (Å²) in [4.78, 5) is 0. The van der Waals surface area contributed by atoms with Crippen LogP contribution in [0.25, 0.3) is 0 Å². The maximum Gasteiger partial charge on any atom is 0.115 e. The average Bonchev–Trinajstić information content (AvgIpc) is 2.29. The lowest BCUT2D eigenvalue weighted by molar-refractivity contribution is 0.302. The summed E-state index contributed by atoms with van der Waals surface area (Å²) in [5.41, 5.74) is 2.79. The predicted octanol–water partition coefficient (Wildman–Crippen LogP) is 2.98. The molecule has 0 aliphatic heterocycles. The quantitative estimate of drug-likeness (QED) is 0.841. The summed E-state index contributed by atoms with van der Waals surface area (Å²) in [6.45, 7) is 7.82. The van der Waals surface area contributed by atoms with E-state index < -0.39 is 0 Å². The summed E-state index contributed by atoms with van der Waals surface area (Å²) in [5, 5.41) is 13.3. The number of rotatable bonds is 3. The van der Waals surface area contributed by atoms with Crippen LogP contribution < -0.4 is 5.32 Å². The fourth-order valence-corrected chi connectivity index (χ4v) is 2.91. The second-order valence-corrected chi connectivity index (χ2v) is 5.61. The minimum atomic E-state index is 0.0987. The highest BCUT2D eigenvalue weighted by molar-refractivity contribution is 5.42. The molecule has 0 heterocycles. The molecule has 1 atom stereocenters. The zero-order valence-electron chi connectivity index (χ0n) is 11.1. The molecular formula is C15H23NO. The maximum absolute atomic E-state index is 9.66. The van der Waals surface area contributed by atoms with Gasteiger partial charge in [0.2, 0.25) is 0 Å². The van der Waals surface area contributed by atoms with Gasteiger partial charge in [0.1, 0.15) is 5.75 Å². The van der Waals surface area contributed by atoms with Gasteiger partial charge in [0, 0.05) is 11.5 Å². The molecule has 17 heavy (non-hydrogen) atoms. The molecule has 0 spiro atoms. The Labute approximate surface area is 104 Å². The lowest BCUT2D eigenvalue weighted by Gasteiger charge is -2.41. The monoisotopic (exact) mass is 233 g/mol. The van der Waals surface area contributed by atoms with Crippen molar-refractivity contribution >= 4 is 0 Å². The Morgan fingerprint density at radius 2 is 2.18 bits per heavy atom. The zero-order valence-corrected chi connectivity index (χ0v) is 11.1. The topological polar surface area (TPSA) is 32.3 Å². The van der Waals surface area contributed by atoms with Crippen LogP contribution in [0.3, 0.4) is 0 Å². The number of hydrogen-bond acceptors (Lipinski definition) is 2. The molecule has 0 fully saturated rings. The molecule has 2 rings (SSSR count). The summed E-state index contributed by atoms with van der Waals surface area (Å²) in [6, 6.07) is 6.32. The van der Waals surface area contributed by atoms with Crippen molar-refractivity contribution in [1.29, 1.82) is 0 Å². The number of nitrogens with one attached hydrogen (secondary N) is 1. The molecule has 1 aliphatic rings. The summed E-state index contributed by atoms with van der Waals surface area (Å²) >= 11 is 0. The third-order valence-corrected chi connectivity index (χ3v) is 4.00. The largest absolute Gasteiger partial charge is 0.508 e. The lowest BCUT2D eigenvalue weighted by atomic mass is 9.69. The Balaban J connectivity index is 2.30. The van der Waals surface area contributed by atoms with Crippen molar-refractivity contribution in [2.75, 3.05) is 6.54 Å². The van der Waals surface area contributed by atoms with Gasteiger partial charge in [0.25, 0.3) is 0 Å². The first-order valence-electron chi connectivity index (χ1n) is 6.61. The minimum Gasteiger partial charge on any atom is -0.508 e. The van der Waals surface area contributed by atoms with Crippen molar-refractivity contribution in [3.8, 4) is 5.75 Å². The van der Waals surface area contributed by atoms with E-state index in [2.05, 4.69) is 32.2 Å². The molecule has 0 unspecified atom stereocenters. The van der Waals surface area contributed by atoms with E-state index in [1.807, 2.05) is 6.07 Å². The number of aromatic hydroxyl groups is 1. The van der Waals surface area contributed by atoms with Gasteiger partial charge in [-0.3, -0.25) is 0 Å². The smallest absolute Gasteiger partial charge is 0.115 e. The average molecular weight is 233 g/mol. The molecular weight excluding hydrogens is 210 g/mol. The molecule has 0 bridgehead atoms. The summed E-state index contributed by atoms with van der Waals surface area (Å²) in [5.74, 6) is 0.382. The van der Waals surface area contributed by atoms with Crippen molar-refractivity contribution in [2.24, 2.45) is 0 Å². The number of aryl methyl sites for hydroxylation is 1. The Hall–Kier alpha value is -1.02. The molecule has 2 heteroatoms. The van der Waals surface area contributed by atoms with Crippen molar-refractivity contribution in [3.63, 3.8) is 0 Å². The number of phenolic OH excluding ortho intramolecular Hbond substituents is 1. The van der Waals surface area contributed by atoms with Crippen molar-refractivity contribution in [1.82, 2.24) is 5.32 Å². The summed E-state index contributed by atoms with van der Waals surface area (Å²) < 4.78 is 0. The van der Waals surface area contributed by atoms with Gasteiger partial charge >= 0.3 is 0 Å². The molecule has 1 aliphatic carbocycles. The van der Waals surface area contributed by atoms with Crippen LogP contribution in [0.4, 0.5) is 0 Å². The first-order valence-corrected chi connectivity index (χ1v) is 6.61. The number of fused-ring (bicyclic) bond motifs is 1. The highest BCUT2D eigenvalue weighted by atomic mass is 16.3. The highest BCUT2D eigenvalue weighted by Crippen LogP contribution is 2.38. The van der Waals surface area contributed by atoms with Gasteiger partial charge in [-0.2, -0.15) is 0 Å². The van der Waals surface area contributed by atoms with Gasteiger partial charge < -0.3 is 10.4 Å². The first-order chi connectivity index (χ1) is 8.05. The number of benzene rings is 1. The van der Waals surface area contributed by atoms with E-state index in [9.17, 15) is 5.11 Å². The van der Waals surface area contributed by atoms with Crippen LogP contribution in [0.15, 0.2) is 18.2 Å². The standard InChI is InChI=1S/C15H23NO/c1-4-9-16-14-8-6-11-5-7-12(17)10-13(11)15(14,2)3/h5,7,10,14,16-17H,4,6,8-9H2,1-3H3/t14-/m0/s1. The summed E-state index contributed by atoms with van der Waals surface area (Å²) in [6.07, 6.45) is 3.46. The van der Waals surface area contributed by atoms with E-state index in [1.165, 1.54) is 24.0 Å². The van der Waals surface area contributed by atoms with E-state index in [4.69, 9.17) is 0 Å². The van der Waals surface area contributed by atoms with Crippen molar-refractivity contribution < 1.29 is 5.11 Å². The molecule has 2 nitrogen and oxygen atoms in total. The second kappa shape index (κ2) is 4.69. The molecule has 0 saturated carbocycles. The van der Waals surface area contributed by atoms with Gasteiger partial charge in [-0.1, -0.05) is 26.8 Å². The fourth-order valence-electron chi connectivity index (χ4n) is 2.91. The third kappa shape index (κ3) is 2.32. The number of phenols is 1. The molecule has 0 saturated heterocycles. The van der Waals surface area contributed by atoms with Crippen LogP contribution in [-0.2, 0) is 11.8 Å². The molecule has 0 amide bonds. The highest BCUT2D eigenvalue weighted by Gasteiger charge is 2.36. The summed E-state index contributed by atoms with van der Waals surface area (Å²) in [7, 11) is 0.